The average molecular weight is 223 g/mol. The molecule has 2 rings (SSSR count). The Hall–Kier alpha value is -0.520. The Balaban J connectivity index is 0.000000980. The van der Waals surface area contributed by atoms with Crippen LogP contribution in [0.15, 0.2) is 0 Å². The van der Waals surface area contributed by atoms with Gasteiger partial charge in [0.05, 0.1) is 18.7 Å². The molecule has 6 heteroatoms. The lowest BCUT2D eigenvalue weighted by atomic mass is 10.0. The van der Waals surface area contributed by atoms with Crippen LogP contribution in [0.2, 0.25) is 0 Å². The molecule has 0 bridgehead atoms. The molecule has 0 aliphatic carbocycles. The molecule has 0 saturated carbocycles. The molecule has 14 heavy (non-hydrogen) atoms. The second kappa shape index (κ2) is 4.82. The zero-order valence-electron chi connectivity index (χ0n) is 7.81. The summed E-state index contributed by atoms with van der Waals surface area (Å²) >= 11 is 0. The Labute approximate surface area is 88.8 Å². The molecule has 1 amide bonds. The average Bonchev–Trinajstić information content (AvgIpc) is 2.52. The monoisotopic (exact) mass is 222 g/mol. The second-order valence-corrected chi connectivity index (χ2v) is 3.44. The van der Waals surface area contributed by atoms with Crippen LogP contribution in [0.1, 0.15) is 6.42 Å². The first-order chi connectivity index (χ1) is 6.29. The van der Waals surface area contributed by atoms with E-state index in [2.05, 4.69) is 5.32 Å². The summed E-state index contributed by atoms with van der Waals surface area (Å²) < 4.78 is 4.82. The fourth-order valence-electron chi connectivity index (χ4n) is 1.90. The van der Waals surface area contributed by atoms with Crippen molar-refractivity contribution in [2.75, 3.05) is 26.2 Å². The number of nitrogens with zero attached hydrogens (tertiary/aromatic N) is 1. The molecule has 5 nitrogen and oxygen atoms in total. The summed E-state index contributed by atoms with van der Waals surface area (Å²) in [4.78, 5) is 12.8. The van der Waals surface area contributed by atoms with E-state index in [0.29, 0.717) is 19.7 Å². The number of aliphatic hydroxyl groups is 1. The molecule has 0 aromatic heterocycles. The number of hydrogen-bond acceptors (Lipinski definition) is 4. The highest BCUT2D eigenvalue weighted by molar-refractivity contribution is 5.85. The number of amides is 1. The van der Waals surface area contributed by atoms with E-state index >= 15 is 0 Å². The van der Waals surface area contributed by atoms with Gasteiger partial charge in [0.25, 0.3) is 0 Å². The Morgan fingerprint density at radius 1 is 1.57 bits per heavy atom. The van der Waals surface area contributed by atoms with Gasteiger partial charge in [-0.05, 0) is 13.0 Å². The highest BCUT2D eigenvalue weighted by Crippen LogP contribution is 2.16. The van der Waals surface area contributed by atoms with Crippen LogP contribution in [0.5, 0.6) is 0 Å². The van der Waals surface area contributed by atoms with Crippen LogP contribution in [0, 0.1) is 0 Å². The highest BCUT2D eigenvalue weighted by atomic mass is 35.5. The number of nitrogens with one attached hydrogen (secondary N) is 1. The number of carbonyl (C=O) groups excluding carboxylic acids is 1. The van der Waals surface area contributed by atoms with E-state index in [1.54, 1.807) is 4.90 Å². The maximum Gasteiger partial charge on any atom is 0.410 e. The zero-order chi connectivity index (χ0) is 9.26. The van der Waals surface area contributed by atoms with Crippen molar-refractivity contribution < 1.29 is 14.6 Å². The van der Waals surface area contributed by atoms with Crippen LogP contribution in [0.25, 0.3) is 0 Å². The van der Waals surface area contributed by atoms with Crippen molar-refractivity contribution in [1.29, 1.82) is 0 Å². The van der Waals surface area contributed by atoms with Gasteiger partial charge in [0.1, 0.15) is 6.61 Å². The topological polar surface area (TPSA) is 61.8 Å². The van der Waals surface area contributed by atoms with E-state index in [9.17, 15) is 9.90 Å². The van der Waals surface area contributed by atoms with Crippen molar-refractivity contribution in [1.82, 2.24) is 10.2 Å². The van der Waals surface area contributed by atoms with Gasteiger partial charge >= 0.3 is 6.09 Å². The first kappa shape index (κ1) is 11.6. The van der Waals surface area contributed by atoms with Crippen molar-refractivity contribution in [3.8, 4) is 0 Å². The first-order valence-electron chi connectivity index (χ1n) is 4.61. The molecule has 0 unspecified atom stereocenters. The number of β-amino-alcohol motifs (C(OH)–C–C–N with tert-alkyl or cyclic N) is 1. The Bertz CT molecular complexity index is 215. The van der Waals surface area contributed by atoms with E-state index < -0.39 is 6.10 Å². The van der Waals surface area contributed by atoms with E-state index in [-0.39, 0.29) is 24.5 Å². The van der Waals surface area contributed by atoms with Crippen LogP contribution in [0.3, 0.4) is 0 Å². The molecular weight excluding hydrogens is 208 g/mol. The fourth-order valence-corrected chi connectivity index (χ4v) is 1.90. The predicted molar refractivity (Wildman–Crippen MR) is 52.6 cm³/mol. The van der Waals surface area contributed by atoms with Gasteiger partial charge in [-0.25, -0.2) is 4.79 Å². The minimum Gasteiger partial charge on any atom is -0.448 e. The number of ether oxygens (including phenoxy) is 1. The smallest absolute Gasteiger partial charge is 0.410 e. The lowest BCUT2D eigenvalue weighted by Crippen LogP contribution is -2.53. The molecule has 2 N–H and O–H groups in total. The molecular formula is C8H15ClN2O3. The molecule has 0 radical (unpaired) electrons. The molecule has 0 aromatic rings. The van der Waals surface area contributed by atoms with Gasteiger partial charge in [-0.2, -0.15) is 0 Å². The molecule has 2 aliphatic rings. The molecule has 2 heterocycles. The van der Waals surface area contributed by atoms with E-state index in [4.69, 9.17) is 4.74 Å². The lowest BCUT2D eigenvalue weighted by Gasteiger charge is -2.33. The normalized spacial score (nSPS) is 32.4. The van der Waals surface area contributed by atoms with Crippen molar-refractivity contribution in [2.45, 2.75) is 18.6 Å². The lowest BCUT2D eigenvalue weighted by molar-refractivity contribution is 0.0499. The third-order valence-corrected chi connectivity index (χ3v) is 2.61. The summed E-state index contributed by atoms with van der Waals surface area (Å²) in [6, 6.07) is -0.0590. The number of cyclic esters (lactones) is 1. The fraction of sp³-hybridized carbons (Fsp3) is 0.875. The molecule has 0 spiro atoms. The summed E-state index contributed by atoms with van der Waals surface area (Å²) in [5.74, 6) is 0. The standard InChI is InChI=1S/C8H14N2O3.ClH/c11-7-5-9-2-1-6(7)10-3-4-13-8(10)12;/h6-7,9,11H,1-5H2;1H/t6-,7+;/m1./s1. The quantitative estimate of drug-likeness (QED) is 0.633. The van der Waals surface area contributed by atoms with Crippen LogP contribution < -0.4 is 5.32 Å². The van der Waals surface area contributed by atoms with Gasteiger partial charge in [0.2, 0.25) is 0 Å². The SMILES string of the molecule is Cl.O=C1OCCN1[C@@H]1CCNC[C@@H]1O. The summed E-state index contributed by atoms with van der Waals surface area (Å²) in [5.41, 5.74) is 0. The predicted octanol–water partition coefficient (Wildman–Crippen LogP) is -0.417. The minimum absolute atomic E-state index is 0. The zero-order valence-corrected chi connectivity index (χ0v) is 8.63. The van der Waals surface area contributed by atoms with Crippen LogP contribution in [-0.2, 0) is 4.74 Å². The summed E-state index contributed by atoms with van der Waals surface area (Å²) in [5, 5.41) is 12.7. The van der Waals surface area contributed by atoms with E-state index in [1.807, 2.05) is 0 Å². The van der Waals surface area contributed by atoms with Gasteiger partial charge in [-0.15, -0.1) is 12.4 Å². The minimum atomic E-state index is -0.459. The van der Waals surface area contributed by atoms with Crippen molar-refractivity contribution in [3.05, 3.63) is 0 Å². The summed E-state index contributed by atoms with van der Waals surface area (Å²) in [6.07, 6.45) is 0.0568. The summed E-state index contributed by atoms with van der Waals surface area (Å²) in [7, 11) is 0. The largest absolute Gasteiger partial charge is 0.448 e. The number of hydrogen-bond donors (Lipinski definition) is 2. The molecule has 0 aromatic carbocycles. The first-order valence-corrected chi connectivity index (χ1v) is 4.61. The van der Waals surface area contributed by atoms with Crippen molar-refractivity contribution in [3.63, 3.8) is 0 Å². The molecule has 82 valence electrons. The number of rotatable bonds is 1. The van der Waals surface area contributed by atoms with Crippen LogP contribution in [0.4, 0.5) is 4.79 Å². The number of halogens is 1. The Morgan fingerprint density at radius 3 is 2.93 bits per heavy atom. The maximum atomic E-state index is 11.2. The Kier molecular flexibility index (Phi) is 3.97. The number of piperidine rings is 1. The van der Waals surface area contributed by atoms with E-state index in [1.165, 1.54) is 0 Å². The Morgan fingerprint density at radius 2 is 2.36 bits per heavy atom. The van der Waals surface area contributed by atoms with Crippen molar-refractivity contribution in [2.24, 2.45) is 0 Å². The van der Waals surface area contributed by atoms with Crippen molar-refractivity contribution >= 4 is 18.5 Å². The van der Waals surface area contributed by atoms with Gasteiger partial charge in [-0.3, -0.25) is 4.90 Å². The maximum absolute atomic E-state index is 11.2. The third-order valence-electron chi connectivity index (χ3n) is 2.61. The molecule has 2 fully saturated rings. The molecule has 2 atom stereocenters. The van der Waals surface area contributed by atoms with Gasteiger partial charge in [0.15, 0.2) is 0 Å². The van der Waals surface area contributed by atoms with Gasteiger partial charge < -0.3 is 15.2 Å². The van der Waals surface area contributed by atoms with Gasteiger partial charge in [-0.1, -0.05) is 0 Å². The molecule has 2 aliphatic heterocycles. The highest BCUT2D eigenvalue weighted by Gasteiger charge is 2.35. The second-order valence-electron chi connectivity index (χ2n) is 3.44. The van der Waals surface area contributed by atoms with Gasteiger partial charge in [0, 0.05) is 6.54 Å². The van der Waals surface area contributed by atoms with Crippen LogP contribution >= 0.6 is 12.4 Å². The number of carbonyl (C=O) groups is 1. The third kappa shape index (κ3) is 2.10. The van der Waals surface area contributed by atoms with E-state index in [0.717, 1.165) is 13.0 Å². The molecule has 2 saturated heterocycles. The van der Waals surface area contributed by atoms with Crippen LogP contribution in [-0.4, -0.2) is 54.5 Å². The number of aliphatic hydroxyl groups excluding tert-OH is 1. The summed E-state index contributed by atoms with van der Waals surface area (Å²) in [6.45, 7) is 2.48.